The second-order valence-corrected chi connectivity index (χ2v) is 4.99. The molecule has 0 radical (unpaired) electrons. The van der Waals surface area contributed by atoms with Crippen molar-refractivity contribution in [1.82, 2.24) is 10.2 Å². The number of ether oxygens (including phenoxy) is 1. The molecule has 1 fully saturated rings. The largest absolute Gasteiger partial charge is 0.378 e. The Bertz CT molecular complexity index is 495. The third kappa shape index (κ3) is 2.85. The number of hydrogen-bond acceptors (Lipinski definition) is 5. The molecule has 1 aliphatic rings. The molecule has 19 heavy (non-hydrogen) atoms. The molecule has 102 valence electrons. The highest BCUT2D eigenvalue weighted by molar-refractivity contribution is 5.55. The molecule has 0 aliphatic carbocycles. The predicted octanol–water partition coefficient (Wildman–Crippen LogP) is 2.19. The Morgan fingerprint density at radius 1 is 1.42 bits per heavy atom. The predicted molar refractivity (Wildman–Crippen MR) is 72.8 cm³/mol. The van der Waals surface area contributed by atoms with Gasteiger partial charge in [-0.3, -0.25) is 0 Å². The summed E-state index contributed by atoms with van der Waals surface area (Å²) in [5, 5.41) is 20.7. The average Bonchev–Trinajstić information content (AvgIpc) is 2.87. The van der Waals surface area contributed by atoms with E-state index >= 15 is 0 Å². The van der Waals surface area contributed by atoms with E-state index in [0.29, 0.717) is 23.4 Å². The monoisotopic (exact) mass is 260 g/mol. The summed E-state index contributed by atoms with van der Waals surface area (Å²) in [6, 6.07) is 2.21. The van der Waals surface area contributed by atoms with Gasteiger partial charge in [0.2, 0.25) is 0 Å². The number of rotatable bonds is 4. The molecule has 1 aromatic heterocycles. The minimum atomic E-state index is 0.317. The van der Waals surface area contributed by atoms with Crippen molar-refractivity contribution < 1.29 is 4.74 Å². The first-order valence-corrected chi connectivity index (χ1v) is 6.76. The second kappa shape index (κ2) is 5.98. The van der Waals surface area contributed by atoms with Crippen molar-refractivity contribution in [3.63, 3.8) is 0 Å². The molecule has 1 aromatic rings. The lowest BCUT2D eigenvalue weighted by molar-refractivity contribution is 0.0900. The summed E-state index contributed by atoms with van der Waals surface area (Å²) in [6.07, 6.45) is 2.40. The molecule has 1 aliphatic heterocycles. The van der Waals surface area contributed by atoms with Gasteiger partial charge in [0.05, 0.1) is 11.8 Å². The molecular weight excluding hydrogens is 240 g/mol. The van der Waals surface area contributed by atoms with Gasteiger partial charge in [-0.2, -0.15) is 10.4 Å². The number of aryl methyl sites for hydroxylation is 1. The van der Waals surface area contributed by atoms with Gasteiger partial charge < -0.3 is 10.1 Å². The lowest BCUT2D eigenvalue weighted by Gasteiger charge is -2.18. The first kappa shape index (κ1) is 13.8. The molecule has 2 heterocycles. The highest BCUT2D eigenvalue weighted by atomic mass is 16.5. The van der Waals surface area contributed by atoms with Gasteiger partial charge in [-0.05, 0) is 32.3 Å². The molecule has 0 aromatic carbocycles. The summed E-state index contributed by atoms with van der Waals surface area (Å²) < 4.78 is 5.66. The third-order valence-electron chi connectivity index (χ3n) is 3.85. The average molecular weight is 260 g/mol. The number of nitrogens with zero attached hydrogens (tertiary/aromatic N) is 3. The maximum absolute atomic E-state index is 9.23. The van der Waals surface area contributed by atoms with Crippen LogP contribution in [0.5, 0.6) is 0 Å². The van der Waals surface area contributed by atoms with E-state index < -0.39 is 0 Å². The molecule has 1 N–H and O–H groups in total. The van der Waals surface area contributed by atoms with E-state index in [1.165, 1.54) is 0 Å². The second-order valence-electron chi connectivity index (χ2n) is 4.99. The van der Waals surface area contributed by atoms with Gasteiger partial charge in [0.1, 0.15) is 11.6 Å². The Hall–Kier alpha value is -1.67. The van der Waals surface area contributed by atoms with Crippen molar-refractivity contribution >= 4 is 5.82 Å². The molecule has 5 nitrogen and oxygen atoms in total. The lowest BCUT2D eigenvalue weighted by atomic mass is 9.99. The van der Waals surface area contributed by atoms with Crippen LogP contribution in [0.2, 0.25) is 0 Å². The smallest absolute Gasteiger partial charge is 0.166 e. The SMILES string of the molecule is CCC1OCCC1CNc1nnc(C)c(C)c1C#N. The number of anilines is 1. The molecule has 1 saturated heterocycles. The summed E-state index contributed by atoms with van der Waals surface area (Å²) in [5.41, 5.74) is 2.30. The normalized spacial score (nSPS) is 22.2. The first-order valence-electron chi connectivity index (χ1n) is 6.76. The molecule has 5 heteroatoms. The Kier molecular flexibility index (Phi) is 4.33. The fraction of sp³-hybridized carbons (Fsp3) is 0.643. The zero-order valence-electron chi connectivity index (χ0n) is 11.7. The fourth-order valence-corrected chi connectivity index (χ4v) is 2.47. The van der Waals surface area contributed by atoms with Crippen molar-refractivity contribution in [3.05, 3.63) is 16.8 Å². The van der Waals surface area contributed by atoms with Gasteiger partial charge in [0.25, 0.3) is 0 Å². The standard InChI is InChI=1S/C14H20N4O/c1-4-13-11(5-6-19-13)8-16-14-12(7-15)9(2)10(3)17-18-14/h11,13H,4-6,8H2,1-3H3,(H,16,18). The van der Waals surface area contributed by atoms with Crippen molar-refractivity contribution in [2.75, 3.05) is 18.5 Å². The molecule has 0 spiro atoms. The minimum Gasteiger partial charge on any atom is -0.378 e. The number of nitrogens with one attached hydrogen (secondary N) is 1. The van der Waals surface area contributed by atoms with Crippen molar-refractivity contribution in [2.24, 2.45) is 5.92 Å². The summed E-state index contributed by atoms with van der Waals surface area (Å²) >= 11 is 0. The Morgan fingerprint density at radius 3 is 2.89 bits per heavy atom. The molecule has 0 amide bonds. The maximum Gasteiger partial charge on any atom is 0.166 e. The van der Waals surface area contributed by atoms with E-state index in [4.69, 9.17) is 4.74 Å². The topological polar surface area (TPSA) is 70.8 Å². The highest BCUT2D eigenvalue weighted by Gasteiger charge is 2.26. The number of nitriles is 1. The summed E-state index contributed by atoms with van der Waals surface area (Å²) in [5.74, 6) is 1.08. The van der Waals surface area contributed by atoms with E-state index in [1.807, 2.05) is 13.8 Å². The van der Waals surface area contributed by atoms with Gasteiger partial charge in [0.15, 0.2) is 5.82 Å². The van der Waals surface area contributed by atoms with Gasteiger partial charge in [-0.1, -0.05) is 6.92 Å². The summed E-state index contributed by atoms with van der Waals surface area (Å²) in [7, 11) is 0. The first-order chi connectivity index (χ1) is 9.17. The van der Waals surface area contributed by atoms with Crippen LogP contribution in [0.3, 0.4) is 0 Å². The van der Waals surface area contributed by atoms with Crippen LogP contribution < -0.4 is 5.32 Å². The van der Waals surface area contributed by atoms with Gasteiger partial charge in [0, 0.05) is 19.1 Å². The van der Waals surface area contributed by atoms with E-state index in [2.05, 4.69) is 28.5 Å². The Labute approximate surface area is 114 Å². The molecule has 0 bridgehead atoms. The molecule has 2 unspecified atom stereocenters. The molecule has 0 saturated carbocycles. The lowest BCUT2D eigenvalue weighted by Crippen LogP contribution is -2.23. The van der Waals surface area contributed by atoms with Crippen LogP contribution in [-0.4, -0.2) is 29.5 Å². The van der Waals surface area contributed by atoms with E-state index in [1.54, 1.807) is 0 Å². The minimum absolute atomic E-state index is 0.317. The van der Waals surface area contributed by atoms with E-state index in [0.717, 1.165) is 37.3 Å². The summed E-state index contributed by atoms with van der Waals surface area (Å²) in [4.78, 5) is 0. The third-order valence-corrected chi connectivity index (χ3v) is 3.85. The van der Waals surface area contributed by atoms with E-state index in [-0.39, 0.29) is 0 Å². The maximum atomic E-state index is 9.23. The quantitative estimate of drug-likeness (QED) is 0.898. The van der Waals surface area contributed by atoms with Gasteiger partial charge in [-0.25, -0.2) is 0 Å². The fourth-order valence-electron chi connectivity index (χ4n) is 2.47. The van der Waals surface area contributed by atoms with E-state index in [9.17, 15) is 5.26 Å². The van der Waals surface area contributed by atoms with Crippen LogP contribution in [0.15, 0.2) is 0 Å². The zero-order chi connectivity index (χ0) is 13.8. The van der Waals surface area contributed by atoms with Crippen LogP contribution in [0.25, 0.3) is 0 Å². The van der Waals surface area contributed by atoms with Crippen molar-refractivity contribution in [3.8, 4) is 6.07 Å². The van der Waals surface area contributed by atoms with Crippen molar-refractivity contribution in [1.29, 1.82) is 5.26 Å². The number of hydrogen-bond donors (Lipinski definition) is 1. The van der Waals surface area contributed by atoms with Crippen molar-refractivity contribution in [2.45, 2.75) is 39.7 Å². The zero-order valence-corrected chi connectivity index (χ0v) is 11.7. The molecule has 2 atom stereocenters. The summed E-state index contributed by atoms with van der Waals surface area (Å²) in [6.45, 7) is 7.52. The van der Waals surface area contributed by atoms with Gasteiger partial charge >= 0.3 is 0 Å². The van der Waals surface area contributed by atoms with Crippen LogP contribution in [-0.2, 0) is 4.74 Å². The molecular formula is C14H20N4O. The Morgan fingerprint density at radius 2 is 2.21 bits per heavy atom. The highest BCUT2D eigenvalue weighted by Crippen LogP contribution is 2.24. The Balaban J connectivity index is 2.08. The molecule has 2 rings (SSSR count). The van der Waals surface area contributed by atoms with Crippen LogP contribution in [0.1, 0.15) is 36.6 Å². The van der Waals surface area contributed by atoms with Crippen LogP contribution in [0.4, 0.5) is 5.82 Å². The van der Waals surface area contributed by atoms with Crippen LogP contribution >= 0.6 is 0 Å². The van der Waals surface area contributed by atoms with Gasteiger partial charge in [-0.15, -0.1) is 5.10 Å². The van der Waals surface area contributed by atoms with Crippen LogP contribution in [0, 0.1) is 31.1 Å². The number of aromatic nitrogens is 2.